The Hall–Kier alpha value is -1.66. The van der Waals surface area contributed by atoms with Gasteiger partial charge in [0.15, 0.2) is 0 Å². The van der Waals surface area contributed by atoms with Crippen molar-refractivity contribution in [1.82, 2.24) is 8.96 Å². The molecule has 0 N–H and O–H groups in total. The smallest absolute Gasteiger partial charge is 0.247 e. The predicted octanol–water partition coefficient (Wildman–Crippen LogP) is 3.65. The van der Waals surface area contributed by atoms with Crippen LogP contribution in [0.2, 0.25) is 0 Å². The highest BCUT2D eigenvalue weighted by Crippen LogP contribution is 2.26. The number of nitrogens with zero attached hydrogens (tertiary/aromatic N) is 2. The maximum atomic E-state index is 12.8. The zero-order chi connectivity index (χ0) is 15.2. The second-order valence-electron chi connectivity index (χ2n) is 4.95. The highest BCUT2D eigenvalue weighted by atomic mass is 79.9. The Morgan fingerprint density at radius 3 is 2.48 bits per heavy atom. The van der Waals surface area contributed by atoms with Crippen molar-refractivity contribution in [2.24, 2.45) is 0 Å². The van der Waals surface area contributed by atoms with Crippen LogP contribution in [0.1, 0.15) is 11.1 Å². The van der Waals surface area contributed by atoms with E-state index in [9.17, 15) is 8.42 Å². The van der Waals surface area contributed by atoms with Gasteiger partial charge in [-0.25, -0.2) is 17.4 Å². The van der Waals surface area contributed by atoms with Gasteiger partial charge in [-0.05, 0) is 53.5 Å². The number of pyridine rings is 1. The van der Waals surface area contributed by atoms with Gasteiger partial charge in [0.05, 0.1) is 16.6 Å². The largest absolute Gasteiger partial charge is 0.268 e. The lowest BCUT2D eigenvalue weighted by molar-refractivity contribution is 0.589. The second-order valence-corrected chi connectivity index (χ2v) is 7.58. The van der Waals surface area contributed by atoms with E-state index in [1.54, 1.807) is 36.7 Å². The summed E-state index contributed by atoms with van der Waals surface area (Å²) in [6, 6.07) is 8.66. The van der Waals surface area contributed by atoms with Gasteiger partial charge in [-0.3, -0.25) is 0 Å². The van der Waals surface area contributed by atoms with Crippen LogP contribution in [0.25, 0.3) is 10.9 Å². The van der Waals surface area contributed by atoms with Crippen LogP contribution < -0.4 is 0 Å². The van der Waals surface area contributed by atoms with Crippen LogP contribution in [0.3, 0.4) is 0 Å². The van der Waals surface area contributed by atoms with E-state index < -0.39 is 10.0 Å². The number of aryl methyl sites for hydroxylation is 2. The Balaban J connectivity index is 2.26. The molecule has 0 fully saturated rings. The summed E-state index contributed by atoms with van der Waals surface area (Å²) >= 11 is 3.31. The van der Waals surface area contributed by atoms with E-state index in [1.807, 2.05) is 19.9 Å². The highest BCUT2D eigenvalue weighted by molar-refractivity contribution is 9.10. The molecule has 2 aromatic heterocycles. The number of fused-ring (bicyclic) bond motifs is 1. The SMILES string of the molecule is Cc1ccc(S(=O)(=O)n2cc(C)c3cc(Br)ncc32)cc1. The Morgan fingerprint density at radius 1 is 1.14 bits per heavy atom. The average Bonchev–Trinajstić information content (AvgIpc) is 2.77. The van der Waals surface area contributed by atoms with Crippen molar-refractivity contribution in [3.63, 3.8) is 0 Å². The fourth-order valence-corrected chi connectivity index (χ4v) is 3.99. The zero-order valence-electron chi connectivity index (χ0n) is 11.5. The fraction of sp³-hybridized carbons (Fsp3) is 0.133. The van der Waals surface area contributed by atoms with Crippen LogP contribution in [0.15, 0.2) is 52.2 Å². The maximum Gasteiger partial charge on any atom is 0.268 e. The first-order chi connectivity index (χ1) is 9.89. The van der Waals surface area contributed by atoms with E-state index >= 15 is 0 Å². The van der Waals surface area contributed by atoms with Gasteiger partial charge in [-0.15, -0.1) is 0 Å². The summed E-state index contributed by atoms with van der Waals surface area (Å²) in [6.07, 6.45) is 3.20. The van der Waals surface area contributed by atoms with Gasteiger partial charge in [0.1, 0.15) is 4.60 Å². The molecular formula is C15H13BrN2O2S. The molecular weight excluding hydrogens is 352 g/mol. The molecule has 108 valence electrons. The van der Waals surface area contributed by atoms with Gasteiger partial charge in [0.2, 0.25) is 0 Å². The van der Waals surface area contributed by atoms with Crippen molar-refractivity contribution in [3.05, 3.63) is 58.5 Å². The summed E-state index contributed by atoms with van der Waals surface area (Å²) < 4.78 is 27.5. The second kappa shape index (κ2) is 4.96. The molecule has 0 amide bonds. The number of aromatic nitrogens is 2. The van der Waals surface area contributed by atoms with Crippen LogP contribution in [-0.2, 0) is 10.0 Å². The third kappa shape index (κ3) is 2.38. The van der Waals surface area contributed by atoms with E-state index in [0.717, 1.165) is 16.5 Å². The minimum Gasteiger partial charge on any atom is -0.247 e. The third-order valence-corrected chi connectivity index (χ3v) is 5.52. The minimum absolute atomic E-state index is 0.271. The lowest BCUT2D eigenvalue weighted by atomic mass is 10.2. The third-order valence-electron chi connectivity index (χ3n) is 3.40. The first kappa shape index (κ1) is 14.3. The molecule has 0 aliphatic rings. The highest BCUT2D eigenvalue weighted by Gasteiger charge is 2.20. The molecule has 6 heteroatoms. The molecule has 2 heterocycles. The van der Waals surface area contributed by atoms with Crippen molar-refractivity contribution in [3.8, 4) is 0 Å². The summed E-state index contributed by atoms with van der Waals surface area (Å²) in [5, 5.41) is 0.868. The average molecular weight is 365 g/mol. The lowest BCUT2D eigenvalue weighted by Gasteiger charge is -2.07. The predicted molar refractivity (Wildman–Crippen MR) is 85.9 cm³/mol. The standard InChI is InChI=1S/C15H13BrN2O2S/c1-10-3-5-12(6-4-10)21(19,20)18-9-11(2)13-7-15(16)17-8-14(13)18/h3-9H,1-2H3. The van der Waals surface area contributed by atoms with Crippen molar-refractivity contribution >= 4 is 36.9 Å². The molecule has 0 aliphatic heterocycles. The quantitative estimate of drug-likeness (QED) is 0.652. The Kier molecular flexibility index (Phi) is 3.37. The number of rotatable bonds is 2. The van der Waals surface area contributed by atoms with E-state index in [2.05, 4.69) is 20.9 Å². The summed E-state index contributed by atoms with van der Waals surface area (Å²) in [5.41, 5.74) is 2.49. The number of benzene rings is 1. The number of hydrogen-bond donors (Lipinski definition) is 0. The molecule has 0 atom stereocenters. The Morgan fingerprint density at radius 2 is 1.81 bits per heavy atom. The Labute approximate surface area is 131 Å². The minimum atomic E-state index is -3.61. The first-order valence-electron chi connectivity index (χ1n) is 6.35. The van der Waals surface area contributed by atoms with Gasteiger partial charge < -0.3 is 0 Å². The van der Waals surface area contributed by atoms with E-state index in [0.29, 0.717) is 10.1 Å². The monoisotopic (exact) mass is 364 g/mol. The van der Waals surface area contributed by atoms with Crippen LogP contribution in [0, 0.1) is 13.8 Å². The molecule has 3 aromatic rings. The molecule has 0 unspecified atom stereocenters. The lowest BCUT2D eigenvalue weighted by Crippen LogP contribution is -2.11. The zero-order valence-corrected chi connectivity index (χ0v) is 13.9. The van der Waals surface area contributed by atoms with Crippen molar-refractivity contribution < 1.29 is 8.42 Å². The Bertz CT molecular complexity index is 928. The van der Waals surface area contributed by atoms with Gasteiger partial charge >= 0.3 is 0 Å². The normalized spacial score (nSPS) is 12.0. The van der Waals surface area contributed by atoms with Crippen LogP contribution in [-0.4, -0.2) is 17.4 Å². The maximum absolute atomic E-state index is 12.8. The molecule has 0 radical (unpaired) electrons. The van der Waals surface area contributed by atoms with Crippen LogP contribution in [0.5, 0.6) is 0 Å². The van der Waals surface area contributed by atoms with E-state index in [-0.39, 0.29) is 4.90 Å². The first-order valence-corrected chi connectivity index (χ1v) is 8.58. The van der Waals surface area contributed by atoms with Crippen LogP contribution >= 0.6 is 15.9 Å². The van der Waals surface area contributed by atoms with Crippen molar-refractivity contribution in [2.45, 2.75) is 18.7 Å². The van der Waals surface area contributed by atoms with Crippen LogP contribution in [0.4, 0.5) is 0 Å². The molecule has 0 bridgehead atoms. The van der Waals surface area contributed by atoms with Crippen molar-refractivity contribution in [2.75, 3.05) is 0 Å². The van der Waals surface area contributed by atoms with Crippen molar-refractivity contribution in [1.29, 1.82) is 0 Å². The summed E-state index contributed by atoms with van der Waals surface area (Å²) in [4.78, 5) is 4.41. The van der Waals surface area contributed by atoms with E-state index in [1.165, 1.54) is 3.97 Å². The van der Waals surface area contributed by atoms with Gasteiger partial charge in [0.25, 0.3) is 10.0 Å². The number of halogens is 1. The summed E-state index contributed by atoms with van der Waals surface area (Å²) in [6.45, 7) is 3.81. The summed E-state index contributed by atoms with van der Waals surface area (Å²) in [7, 11) is -3.61. The number of hydrogen-bond acceptors (Lipinski definition) is 3. The molecule has 0 aliphatic carbocycles. The molecule has 1 aromatic carbocycles. The van der Waals surface area contributed by atoms with E-state index in [4.69, 9.17) is 0 Å². The topological polar surface area (TPSA) is 52.0 Å². The molecule has 3 rings (SSSR count). The summed E-state index contributed by atoms with van der Waals surface area (Å²) in [5.74, 6) is 0. The molecule has 0 spiro atoms. The van der Waals surface area contributed by atoms with Gasteiger partial charge in [-0.2, -0.15) is 0 Å². The molecule has 4 nitrogen and oxygen atoms in total. The van der Waals surface area contributed by atoms with Gasteiger partial charge in [-0.1, -0.05) is 17.7 Å². The molecule has 0 saturated heterocycles. The van der Waals surface area contributed by atoms with Gasteiger partial charge in [0, 0.05) is 11.6 Å². The fourth-order valence-electron chi connectivity index (χ4n) is 2.25. The molecule has 0 saturated carbocycles. The molecule has 21 heavy (non-hydrogen) atoms.